The summed E-state index contributed by atoms with van der Waals surface area (Å²) in [7, 11) is 0. The Hall–Kier alpha value is -1.41. The van der Waals surface area contributed by atoms with Crippen molar-refractivity contribution in [3.05, 3.63) is 0 Å². The molecule has 0 unspecified atom stereocenters. The second-order valence-corrected chi connectivity index (χ2v) is 5.94. The minimum absolute atomic E-state index is 0.281. The number of rotatable bonds is 8. The summed E-state index contributed by atoms with van der Waals surface area (Å²) in [6.45, 7) is 0. The zero-order valence-electron chi connectivity index (χ0n) is 6.44. The third-order valence-electron chi connectivity index (χ3n) is 1.10. The van der Waals surface area contributed by atoms with Gasteiger partial charge in [-0.25, -0.2) is 0 Å². The van der Waals surface area contributed by atoms with Crippen LogP contribution in [0.15, 0.2) is 0 Å². The van der Waals surface area contributed by atoms with Crippen LogP contribution in [0.3, 0.4) is 0 Å². The fourth-order valence-electron chi connectivity index (χ4n) is 0.604. The van der Waals surface area contributed by atoms with E-state index in [2.05, 4.69) is 15.2 Å². The van der Waals surface area contributed by atoms with Gasteiger partial charge in [0, 0.05) is 0 Å². The maximum absolute atomic E-state index is 10.1. The van der Waals surface area contributed by atoms with Crippen LogP contribution in [0.5, 0.6) is 0 Å². The van der Waals surface area contributed by atoms with Crippen molar-refractivity contribution < 1.29 is 36.8 Å². The number of nitrogens with one attached hydrogen (secondary N) is 4. The van der Waals surface area contributed by atoms with Gasteiger partial charge in [0.1, 0.15) is 0 Å². The molecule has 0 aliphatic heterocycles. The first-order valence-corrected chi connectivity index (χ1v) is 6.22. The van der Waals surface area contributed by atoms with E-state index in [1.165, 1.54) is 0 Å². The van der Waals surface area contributed by atoms with E-state index < -0.39 is 17.6 Å². The van der Waals surface area contributed by atoms with Crippen molar-refractivity contribution in [1.29, 1.82) is 0 Å². The Morgan fingerprint density at radius 2 is 0.846 bits per heavy atom. The molecule has 0 saturated carbocycles. The third-order valence-corrected chi connectivity index (χ3v) is 4.54. The predicted molar refractivity (Wildman–Crippen MR) is 36.8 cm³/mol. The van der Waals surface area contributed by atoms with Gasteiger partial charge in [0.05, 0.1) is 0 Å². The van der Waals surface area contributed by atoms with Crippen molar-refractivity contribution in [1.82, 2.24) is 15.2 Å². The monoisotopic (exact) mass is 224 g/mol. The summed E-state index contributed by atoms with van der Waals surface area (Å²) in [5.74, 6) is 0. The van der Waals surface area contributed by atoms with Crippen molar-refractivity contribution in [2.45, 2.75) is 0 Å². The van der Waals surface area contributed by atoms with Gasteiger partial charge in [-0.3, -0.25) is 0 Å². The Kier molecular flexibility index (Phi) is 5.48. The molecule has 4 N–H and O–H groups in total. The first kappa shape index (κ1) is 11.6. The average molecular weight is 224 g/mol. The predicted octanol–water partition coefficient (Wildman–Crippen LogP) is -3.22. The fraction of sp³-hybridized carbons (Fsp3) is 0. The summed E-state index contributed by atoms with van der Waals surface area (Å²) in [6, 6.07) is 0. The molecule has 0 aliphatic carbocycles. The Balaban J connectivity index is 4.53. The normalized spacial score (nSPS) is 9.23. The number of hydrogen-bond donors (Lipinski definition) is 4. The molecule has 0 bridgehead atoms. The van der Waals surface area contributed by atoms with Gasteiger partial charge in [-0.2, -0.15) is 0 Å². The zero-order valence-corrected chi connectivity index (χ0v) is 8.00. The van der Waals surface area contributed by atoms with E-state index in [-0.39, 0.29) is 25.6 Å². The molecule has 0 aromatic rings. The van der Waals surface area contributed by atoms with Crippen molar-refractivity contribution in [3.8, 4) is 0 Å². The Bertz CT molecular complexity index is 165. The average Bonchev–Trinajstić information content (AvgIpc) is 2.06. The summed E-state index contributed by atoms with van der Waals surface area (Å²) < 4.78 is 8.72. The second-order valence-electron chi connectivity index (χ2n) is 1.80. The molecule has 0 radical (unpaired) electrons. The van der Waals surface area contributed by atoms with Gasteiger partial charge in [0.25, 0.3) is 0 Å². The standard InChI is InChI=1S/4CH3NO.Ti/c4*2-1-3;/h4*1H,(H2,2,3);/q;;;;+4/p-4. The summed E-state index contributed by atoms with van der Waals surface area (Å²) in [5.41, 5.74) is 0. The van der Waals surface area contributed by atoms with Crippen LogP contribution in [-0.4, -0.2) is 25.6 Å². The van der Waals surface area contributed by atoms with Gasteiger partial charge in [0.15, 0.2) is 0 Å². The van der Waals surface area contributed by atoms with Crippen molar-refractivity contribution in [2.24, 2.45) is 0 Å². The fourth-order valence-corrected chi connectivity index (χ4v) is 2.49. The number of amides is 4. The van der Waals surface area contributed by atoms with Crippen LogP contribution >= 0.6 is 0 Å². The van der Waals surface area contributed by atoms with Gasteiger partial charge >= 0.3 is 77.6 Å². The molecule has 0 aromatic carbocycles. The Morgan fingerprint density at radius 3 is 1.00 bits per heavy atom. The molecule has 4 amide bonds. The second kappa shape index (κ2) is 6.15. The molecule has 0 spiro atoms. The molecule has 0 aliphatic rings. The molecule has 9 heteroatoms. The third kappa shape index (κ3) is 3.67. The number of carbonyl (C=O) groups excluding carboxylic acids is 4. The molecule has 0 heterocycles. The van der Waals surface area contributed by atoms with Gasteiger partial charge in [-0.15, -0.1) is 0 Å². The van der Waals surface area contributed by atoms with E-state index in [1.54, 1.807) is 0 Å². The van der Waals surface area contributed by atoms with Crippen LogP contribution in [0.2, 0.25) is 0 Å². The minimum atomic E-state index is -3.79. The molecule has 0 saturated heterocycles. The van der Waals surface area contributed by atoms with E-state index in [4.69, 9.17) is 0 Å². The van der Waals surface area contributed by atoms with Crippen LogP contribution in [-0.2, 0) is 36.8 Å². The van der Waals surface area contributed by atoms with Crippen LogP contribution in [0.4, 0.5) is 0 Å². The van der Waals surface area contributed by atoms with Crippen LogP contribution in [0, 0.1) is 0 Å². The van der Waals surface area contributed by atoms with Crippen molar-refractivity contribution in [3.63, 3.8) is 0 Å². The van der Waals surface area contributed by atoms with Crippen LogP contribution < -0.4 is 15.2 Å². The SMILES string of the molecule is O=C[NH][Ti]([NH]C=O)([NH]C=O)[NH]C=O. The zero-order chi connectivity index (χ0) is 10.2. The topological polar surface area (TPSA) is 116 Å². The molecular weight excluding hydrogens is 216 g/mol. The quantitative estimate of drug-likeness (QED) is 0.256. The molecular formula is C4H8N4O4Ti. The first-order chi connectivity index (χ1) is 6.24. The number of carbonyl (C=O) groups is 4. The van der Waals surface area contributed by atoms with Crippen LogP contribution in [0.25, 0.3) is 0 Å². The van der Waals surface area contributed by atoms with E-state index in [0.29, 0.717) is 0 Å². The van der Waals surface area contributed by atoms with E-state index >= 15 is 0 Å². The van der Waals surface area contributed by atoms with Crippen molar-refractivity contribution in [2.75, 3.05) is 0 Å². The first-order valence-electron chi connectivity index (χ1n) is 3.10. The molecule has 72 valence electrons. The maximum atomic E-state index is 10.1. The van der Waals surface area contributed by atoms with Gasteiger partial charge in [0.2, 0.25) is 0 Å². The summed E-state index contributed by atoms with van der Waals surface area (Å²) in [6.07, 6.45) is 1.13. The van der Waals surface area contributed by atoms with Gasteiger partial charge in [-0.1, -0.05) is 0 Å². The van der Waals surface area contributed by atoms with Crippen molar-refractivity contribution >= 4 is 25.6 Å². The molecule has 0 rings (SSSR count). The molecule has 13 heavy (non-hydrogen) atoms. The molecule has 0 aromatic heterocycles. The van der Waals surface area contributed by atoms with E-state index in [1.807, 2.05) is 0 Å². The van der Waals surface area contributed by atoms with Gasteiger partial charge < -0.3 is 0 Å². The molecule has 0 atom stereocenters. The Morgan fingerprint density at radius 1 is 0.615 bits per heavy atom. The summed E-state index contributed by atoms with van der Waals surface area (Å²) in [4.78, 5) is 40.5. The summed E-state index contributed by atoms with van der Waals surface area (Å²) in [5, 5.41) is 0. The Labute approximate surface area is 78.0 Å². The molecule has 0 fully saturated rings. The summed E-state index contributed by atoms with van der Waals surface area (Å²) >= 11 is -3.79. The van der Waals surface area contributed by atoms with E-state index in [9.17, 15) is 19.2 Å². The van der Waals surface area contributed by atoms with Gasteiger partial charge in [-0.05, 0) is 0 Å². The number of hydrogen-bond acceptors (Lipinski definition) is 4. The van der Waals surface area contributed by atoms with E-state index in [0.717, 1.165) is 0 Å². The van der Waals surface area contributed by atoms with Crippen LogP contribution in [0.1, 0.15) is 0 Å². The molecule has 8 nitrogen and oxygen atoms in total.